The van der Waals surface area contributed by atoms with E-state index in [9.17, 15) is 14.0 Å². The van der Waals surface area contributed by atoms with Crippen LogP contribution in [-0.2, 0) is 9.53 Å². The first-order valence-electron chi connectivity index (χ1n) is 11.4. The van der Waals surface area contributed by atoms with Crippen LogP contribution in [0.1, 0.15) is 33.6 Å². The lowest BCUT2D eigenvalue weighted by Crippen LogP contribution is -2.46. The summed E-state index contributed by atoms with van der Waals surface area (Å²) in [6.07, 6.45) is 0. The summed E-state index contributed by atoms with van der Waals surface area (Å²) in [5.41, 5.74) is 2.08. The average molecular weight is 462 g/mol. The van der Waals surface area contributed by atoms with E-state index in [1.165, 1.54) is 12.1 Å². The van der Waals surface area contributed by atoms with Crippen LogP contribution in [0.2, 0.25) is 0 Å². The number of hydrogen-bond acceptors (Lipinski definition) is 4. The van der Waals surface area contributed by atoms with Crippen LogP contribution in [-0.4, -0.2) is 49.6 Å². The molecule has 176 valence electrons. The van der Waals surface area contributed by atoms with Crippen molar-refractivity contribution in [3.63, 3.8) is 0 Å². The summed E-state index contributed by atoms with van der Waals surface area (Å²) >= 11 is 0. The SMILES string of the molecule is O=C(NC(C(=O)NCC(c1ccc(F)cc1)N1CCOCC1)c1ccccc1)c1ccccc1. The van der Waals surface area contributed by atoms with Gasteiger partial charge >= 0.3 is 0 Å². The summed E-state index contributed by atoms with van der Waals surface area (Å²) in [6, 6.07) is 23.3. The third kappa shape index (κ3) is 6.07. The fourth-order valence-electron chi connectivity index (χ4n) is 4.08. The smallest absolute Gasteiger partial charge is 0.252 e. The number of benzene rings is 3. The van der Waals surface area contributed by atoms with Crippen LogP contribution in [0.4, 0.5) is 4.39 Å². The number of amides is 2. The molecule has 2 unspecified atom stereocenters. The zero-order valence-corrected chi connectivity index (χ0v) is 18.8. The molecular formula is C27H28FN3O3. The molecule has 2 N–H and O–H groups in total. The van der Waals surface area contributed by atoms with Crippen LogP contribution in [0.3, 0.4) is 0 Å². The lowest BCUT2D eigenvalue weighted by atomic mass is 10.0. The number of carbonyl (C=O) groups is 2. The fourth-order valence-corrected chi connectivity index (χ4v) is 4.08. The van der Waals surface area contributed by atoms with Gasteiger partial charge in [-0.2, -0.15) is 0 Å². The highest BCUT2D eigenvalue weighted by atomic mass is 19.1. The summed E-state index contributed by atoms with van der Waals surface area (Å²) in [6.45, 7) is 2.95. The minimum Gasteiger partial charge on any atom is -0.379 e. The summed E-state index contributed by atoms with van der Waals surface area (Å²) in [4.78, 5) is 28.4. The molecule has 0 spiro atoms. The number of carbonyl (C=O) groups excluding carboxylic acids is 2. The standard InChI is InChI=1S/C27H28FN3O3/c28-23-13-11-20(12-14-23)24(31-15-17-34-18-16-31)19-29-27(33)25(21-7-3-1-4-8-21)30-26(32)22-9-5-2-6-10-22/h1-14,24-25H,15-19H2,(H,29,33)(H,30,32). The molecule has 6 nitrogen and oxygen atoms in total. The molecule has 3 aromatic carbocycles. The highest BCUT2D eigenvalue weighted by Gasteiger charge is 2.27. The molecule has 7 heteroatoms. The Balaban J connectivity index is 1.52. The number of ether oxygens (including phenoxy) is 1. The molecule has 3 aromatic rings. The van der Waals surface area contributed by atoms with Crippen molar-refractivity contribution in [2.45, 2.75) is 12.1 Å². The Bertz CT molecular complexity index is 1070. The molecule has 1 saturated heterocycles. The number of rotatable bonds is 8. The van der Waals surface area contributed by atoms with E-state index in [2.05, 4.69) is 15.5 Å². The Morgan fingerprint density at radius 2 is 1.47 bits per heavy atom. The third-order valence-electron chi connectivity index (χ3n) is 5.92. The van der Waals surface area contributed by atoms with Crippen LogP contribution < -0.4 is 10.6 Å². The lowest BCUT2D eigenvalue weighted by molar-refractivity contribution is -0.123. The predicted molar refractivity (Wildman–Crippen MR) is 128 cm³/mol. The van der Waals surface area contributed by atoms with Gasteiger partial charge in [-0.3, -0.25) is 14.5 Å². The Hall–Kier alpha value is -3.55. The van der Waals surface area contributed by atoms with Crippen molar-refractivity contribution in [1.82, 2.24) is 15.5 Å². The van der Waals surface area contributed by atoms with Gasteiger partial charge in [-0.05, 0) is 35.4 Å². The van der Waals surface area contributed by atoms with E-state index in [4.69, 9.17) is 4.74 Å². The Kier molecular flexibility index (Phi) is 8.01. The Morgan fingerprint density at radius 1 is 0.853 bits per heavy atom. The highest BCUT2D eigenvalue weighted by molar-refractivity contribution is 5.97. The van der Waals surface area contributed by atoms with E-state index in [-0.39, 0.29) is 23.7 Å². The van der Waals surface area contributed by atoms with Crippen LogP contribution in [0.5, 0.6) is 0 Å². The number of morpholine rings is 1. The fraction of sp³-hybridized carbons (Fsp3) is 0.259. The van der Waals surface area contributed by atoms with Crippen molar-refractivity contribution in [1.29, 1.82) is 0 Å². The molecular weight excluding hydrogens is 433 g/mol. The minimum atomic E-state index is -0.854. The monoisotopic (exact) mass is 461 g/mol. The van der Waals surface area contributed by atoms with Gasteiger partial charge < -0.3 is 15.4 Å². The van der Waals surface area contributed by atoms with Gasteiger partial charge in [0.1, 0.15) is 11.9 Å². The Labute approximate surface area is 198 Å². The maximum Gasteiger partial charge on any atom is 0.252 e. The summed E-state index contributed by atoms with van der Waals surface area (Å²) in [5, 5.41) is 5.88. The molecule has 0 bridgehead atoms. The van der Waals surface area contributed by atoms with Gasteiger partial charge in [-0.15, -0.1) is 0 Å². The summed E-state index contributed by atoms with van der Waals surface area (Å²) in [7, 11) is 0. The highest BCUT2D eigenvalue weighted by Crippen LogP contribution is 2.22. The average Bonchev–Trinajstić information content (AvgIpc) is 2.89. The van der Waals surface area contributed by atoms with Gasteiger partial charge in [-0.25, -0.2) is 4.39 Å². The molecule has 34 heavy (non-hydrogen) atoms. The molecule has 1 aliphatic heterocycles. The van der Waals surface area contributed by atoms with E-state index < -0.39 is 6.04 Å². The van der Waals surface area contributed by atoms with Crippen LogP contribution >= 0.6 is 0 Å². The first kappa shape index (κ1) is 23.6. The van der Waals surface area contributed by atoms with E-state index in [1.54, 1.807) is 36.4 Å². The zero-order valence-electron chi connectivity index (χ0n) is 18.8. The maximum absolute atomic E-state index is 13.5. The number of nitrogens with zero attached hydrogens (tertiary/aromatic N) is 1. The molecule has 0 radical (unpaired) electrons. The topological polar surface area (TPSA) is 70.7 Å². The van der Waals surface area contributed by atoms with Crippen molar-refractivity contribution in [3.8, 4) is 0 Å². The van der Waals surface area contributed by atoms with E-state index in [0.717, 1.165) is 5.56 Å². The van der Waals surface area contributed by atoms with Crippen molar-refractivity contribution < 1.29 is 18.7 Å². The van der Waals surface area contributed by atoms with Crippen molar-refractivity contribution in [2.75, 3.05) is 32.8 Å². The van der Waals surface area contributed by atoms with Gasteiger partial charge in [-0.1, -0.05) is 60.7 Å². The van der Waals surface area contributed by atoms with Crippen molar-refractivity contribution >= 4 is 11.8 Å². The number of hydrogen-bond donors (Lipinski definition) is 2. The molecule has 2 atom stereocenters. The molecule has 1 heterocycles. The summed E-state index contributed by atoms with van der Waals surface area (Å²) < 4.78 is 19.0. The van der Waals surface area contributed by atoms with E-state index in [0.29, 0.717) is 44.0 Å². The molecule has 0 saturated carbocycles. The van der Waals surface area contributed by atoms with Gasteiger partial charge in [0.25, 0.3) is 5.91 Å². The second-order valence-corrected chi connectivity index (χ2v) is 8.14. The lowest BCUT2D eigenvalue weighted by Gasteiger charge is -2.35. The molecule has 1 fully saturated rings. The number of nitrogens with one attached hydrogen (secondary N) is 2. The zero-order chi connectivity index (χ0) is 23.8. The van der Waals surface area contributed by atoms with E-state index in [1.807, 2.05) is 36.4 Å². The third-order valence-corrected chi connectivity index (χ3v) is 5.92. The largest absolute Gasteiger partial charge is 0.379 e. The minimum absolute atomic E-state index is 0.144. The van der Waals surface area contributed by atoms with Crippen LogP contribution in [0, 0.1) is 5.82 Å². The second kappa shape index (κ2) is 11.5. The second-order valence-electron chi connectivity index (χ2n) is 8.14. The van der Waals surface area contributed by atoms with Crippen molar-refractivity contribution in [2.24, 2.45) is 0 Å². The molecule has 1 aliphatic rings. The maximum atomic E-state index is 13.5. The van der Waals surface area contributed by atoms with Crippen LogP contribution in [0.25, 0.3) is 0 Å². The van der Waals surface area contributed by atoms with E-state index >= 15 is 0 Å². The quantitative estimate of drug-likeness (QED) is 0.539. The first-order chi connectivity index (χ1) is 16.6. The first-order valence-corrected chi connectivity index (χ1v) is 11.4. The predicted octanol–water partition coefficient (Wildman–Crippen LogP) is 3.49. The van der Waals surface area contributed by atoms with Gasteiger partial charge in [0.05, 0.1) is 19.3 Å². The summed E-state index contributed by atoms with van der Waals surface area (Å²) in [5.74, 6) is -0.940. The van der Waals surface area contributed by atoms with Gasteiger partial charge in [0.15, 0.2) is 0 Å². The molecule has 0 aromatic heterocycles. The van der Waals surface area contributed by atoms with Gasteiger partial charge in [0.2, 0.25) is 5.91 Å². The Morgan fingerprint density at radius 3 is 2.12 bits per heavy atom. The normalized spacial score (nSPS) is 15.8. The van der Waals surface area contributed by atoms with Gasteiger partial charge in [0, 0.05) is 25.2 Å². The molecule has 0 aliphatic carbocycles. The molecule has 2 amide bonds. The van der Waals surface area contributed by atoms with Crippen molar-refractivity contribution in [3.05, 3.63) is 107 Å². The van der Waals surface area contributed by atoms with Crippen LogP contribution in [0.15, 0.2) is 84.9 Å². The molecule has 4 rings (SSSR count). The number of halogens is 1.